The average Bonchev–Trinajstić information content (AvgIpc) is 2.72. The van der Waals surface area contributed by atoms with Crippen LogP contribution in [0.15, 0.2) is 23.3 Å². The Bertz CT molecular complexity index is 1020. The van der Waals surface area contributed by atoms with E-state index >= 15 is 0 Å². The van der Waals surface area contributed by atoms with Crippen LogP contribution in [0, 0.1) is 34.5 Å². The molecule has 220 valence electrons. The lowest BCUT2D eigenvalue weighted by atomic mass is 9.49. The molecular formula is C31H48O8. The van der Waals surface area contributed by atoms with E-state index in [0.29, 0.717) is 19.3 Å². The topological polar surface area (TPSA) is 156 Å². The summed E-state index contributed by atoms with van der Waals surface area (Å²) in [5.74, 6) is -2.42. The minimum atomic E-state index is -1.59. The van der Waals surface area contributed by atoms with Crippen molar-refractivity contribution < 1.29 is 40.2 Å². The number of carbonyl (C=O) groups is 2. The quantitative estimate of drug-likeness (QED) is 0.312. The van der Waals surface area contributed by atoms with Crippen LogP contribution in [0.2, 0.25) is 0 Å². The predicted molar refractivity (Wildman–Crippen MR) is 145 cm³/mol. The van der Waals surface area contributed by atoms with Crippen molar-refractivity contribution in [2.45, 2.75) is 122 Å². The standard InChI is InChI=1S/C31H48O8/c1-26(2,36)18-10-22-28(5,14-20(18)32)12-16(24(34)30(22,7)38)9-17-13-29(6)15-21(33)19(27(3,4)37)11-23(29)31(8,39)25(17)35/h10-11,16-17,22-25,34-39H,9,12-15H2,1-8H3/t16-,17+,22-,23+,24-,25+,28-,29+,30-,31+. The number of rotatable bonds is 4. The molecule has 10 atom stereocenters. The van der Waals surface area contributed by atoms with Crippen molar-refractivity contribution in [2.24, 2.45) is 34.5 Å². The van der Waals surface area contributed by atoms with Crippen LogP contribution in [0.1, 0.15) is 87.5 Å². The lowest BCUT2D eigenvalue weighted by Crippen LogP contribution is -2.64. The average molecular weight is 549 g/mol. The van der Waals surface area contributed by atoms with Gasteiger partial charge in [-0.3, -0.25) is 9.59 Å². The van der Waals surface area contributed by atoms with Crippen LogP contribution in [-0.2, 0) is 9.59 Å². The fraction of sp³-hybridized carbons (Fsp3) is 0.806. The number of fused-ring (bicyclic) bond motifs is 2. The Morgan fingerprint density at radius 2 is 1.03 bits per heavy atom. The summed E-state index contributed by atoms with van der Waals surface area (Å²) >= 11 is 0. The molecule has 0 aliphatic heterocycles. The number of aliphatic hydroxyl groups excluding tert-OH is 2. The molecule has 0 spiro atoms. The van der Waals surface area contributed by atoms with E-state index in [0.717, 1.165) is 0 Å². The fourth-order valence-corrected chi connectivity index (χ4v) is 8.86. The number of carbonyl (C=O) groups excluding carboxylic acids is 2. The van der Waals surface area contributed by atoms with E-state index in [1.165, 1.54) is 27.7 Å². The van der Waals surface area contributed by atoms with Gasteiger partial charge in [0.2, 0.25) is 0 Å². The Morgan fingerprint density at radius 3 is 1.31 bits per heavy atom. The Balaban J connectivity index is 1.65. The molecule has 2 fully saturated rings. The van der Waals surface area contributed by atoms with Gasteiger partial charge in [0.25, 0.3) is 0 Å². The number of hydrogen-bond acceptors (Lipinski definition) is 8. The molecule has 0 bridgehead atoms. The molecule has 2 saturated carbocycles. The molecule has 39 heavy (non-hydrogen) atoms. The van der Waals surface area contributed by atoms with Gasteiger partial charge < -0.3 is 30.6 Å². The minimum absolute atomic E-state index is 0.122. The largest absolute Gasteiger partial charge is 0.390 e. The van der Waals surface area contributed by atoms with E-state index in [9.17, 15) is 40.2 Å². The van der Waals surface area contributed by atoms with E-state index in [4.69, 9.17) is 0 Å². The summed E-state index contributed by atoms with van der Waals surface area (Å²) in [6, 6.07) is 0. The van der Waals surface area contributed by atoms with Crippen molar-refractivity contribution in [3.8, 4) is 0 Å². The molecule has 4 aliphatic rings. The van der Waals surface area contributed by atoms with Crippen molar-refractivity contribution in [1.29, 1.82) is 0 Å². The second kappa shape index (κ2) is 9.04. The maximum Gasteiger partial charge on any atom is 0.161 e. The van der Waals surface area contributed by atoms with Gasteiger partial charge in [0.05, 0.1) is 34.6 Å². The molecule has 8 nitrogen and oxygen atoms in total. The molecule has 0 amide bonds. The van der Waals surface area contributed by atoms with Gasteiger partial charge in [-0.25, -0.2) is 0 Å². The van der Waals surface area contributed by atoms with Gasteiger partial charge >= 0.3 is 0 Å². The first-order chi connectivity index (χ1) is 17.4. The first-order valence-corrected chi connectivity index (χ1v) is 14.2. The molecule has 4 rings (SSSR count). The van der Waals surface area contributed by atoms with Crippen LogP contribution in [0.3, 0.4) is 0 Å². The van der Waals surface area contributed by atoms with Crippen LogP contribution >= 0.6 is 0 Å². The zero-order valence-electron chi connectivity index (χ0n) is 24.7. The Kier molecular flexibility index (Phi) is 7.08. The zero-order chi connectivity index (χ0) is 29.7. The second-order valence-electron chi connectivity index (χ2n) is 15.2. The minimum Gasteiger partial charge on any atom is -0.390 e. The summed E-state index contributed by atoms with van der Waals surface area (Å²) in [5, 5.41) is 67.3. The maximum absolute atomic E-state index is 13.1. The highest BCUT2D eigenvalue weighted by molar-refractivity contribution is 5.99. The van der Waals surface area contributed by atoms with Crippen molar-refractivity contribution >= 4 is 11.6 Å². The zero-order valence-corrected chi connectivity index (χ0v) is 24.7. The number of Topliss-reactive ketones (excluding diaryl/α,β-unsaturated/α-hetero) is 2. The van der Waals surface area contributed by atoms with Gasteiger partial charge in [0.1, 0.15) is 0 Å². The smallest absolute Gasteiger partial charge is 0.161 e. The van der Waals surface area contributed by atoms with E-state index in [1.54, 1.807) is 26.0 Å². The van der Waals surface area contributed by atoms with Crippen LogP contribution in [0.25, 0.3) is 0 Å². The highest BCUT2D eigenvalue weighted by Crippen LogP contribution is 2.59. The second-order valence-corrected chi connectivity index (χ2v) is 15.2. The van der Waals surface area contributed by atoms with Crippen LogP contribution in [-0.4, -0.2) is 76.8 Å². The van der Waals surface area contributed by atoms with Gasteiger partial charge in [0.15, 0.2) is 11.6 Å². The van der Waals surface area contributed by atoms with Crippen LogP contribution in [0.5, 0.6) is 0 Å². The lowest BCUT2D eigenvalue weighted by molar-refractivity contribution is -0.206. The van der Waals surface area contributed by atoms with Crippen molar-refractivity contribution in [3.05, 3.63) is 23.3 Å². The third kappa shape index (κ3) is 4.89. The van der Waals surface area contributed by atoms with Gasteiger partial charge in [-0.05, 0) is 83.5 Å². The summed E-state index contributed by atoms with van der Waals surface area (Å²) in [6.07, 6.45) is 2.32. The summed E-state index contributed by atoms with van der Waals surface area (Å²) in [4.78, 5) is 26.1. The molecule has 0 aromatic carbocycles. The summed E-state index contributed by atoms with van der Waals surface area (Å²) < 4.78 is 0. The van der Waals surface area contributed by atoms with E-state index in [1.807, 2.05) is 13.8 Å². The van der Waals surface area contributed by atoms with Gasteiger partial charge in [-0.15, -0.1) is 0 Å². The lowest BCUT2D eigenvalue weighted by Gasteiger charge is -2.59. The number of ketones is 2. The fourth-order valence-electron chi connectivity index (χ4n) is 8.86. The van der Waals surface area contributed by atoms with Crippen molar-refractivity contribution in [1.82, 2.24) is 0 Å². The third-order valence-electron chi connectivity index (χ3n) is 10.6. The predicted octanol–water partition coefficient (Wildman–Crippen LogP) is 2.23. The number of aliphatic hydroxyl groups is 6. The van der Waals surface area contributed by atoms with Gasteiger partial charge in [-0.2, -0.15) is 0 Å². The highest BCUT2D eigenvalue weighted by Gasteiger charge is 2.62. The molecule has 0 saturated heterocycles. The molecule has 8 heteroatoms. The van der Waals surface area contributed by atoms with Crippen LogP contribution < -0.4 is 0 Å². The molecule has 0 heterocycles. The summed E-state index contributed by atoms with van der Waals surface area (Å²) in [6.45, 7) is 13.1. The van der Waals surface area contributed by atoms with Crippen molar-refractivity contribution in [2.75, 3.05) is 0 Å². The van der Waals surface area contributed by atoms with E-state index in [-0.39, 0.29) is 35.6 Å². The summed E-state index contributed by atoms with van der Waals surface area (Å²) in [5.41, 5.74) is -6.75. The Labute approximate surface area is 231 Å². The Hall–Kier alpha value is -1.42. The van der Waals surface area contributed by atoms with Crippen LogP contribution in [0.4, 0.5) is 0 Å². The molecule has 0 aromatic rings. The maximum atomic E-state index is 13.1. The molecule has 0 radical (unpaired) electrons. The first kappa shape index (κ1) is 30.5. The highest BCUT2D eigenvalue weighted by atomic mass is 16.3. The summed E-state index contributed by atoms with van der Waals surface area (Å²) in [7, 11) is 0. The molecule has 6 N–H and O–H groups in total. The molecule has 0 aromatic heterocycles. The SMILES string of the molecule is CC(C)(O)C1=C[C@@H]2[C@@](C)(CC1=O)C[C@@H](C[C@H]1C[C@@]3(C)CC(=O)C(C(C)(C)O)=C[C@@H]3[C@](C)(O)[C@H]1O)[C@@H](O)[C@]2(C)O. The normalized spacial score (nSPS) is 47.2. The van der Waals surface area contributed by atoms with Gasteiger partial charge in [0, 0.05) is 35.8 Å². The van der Waals surface area contributed by atoms with E-state index < -0.39 is 69.1 Å². The number of hydrogen-bond donors (Lipinski definition) is 6. The van der Waals surface area contributed by atoms with E-state index in [2.05, 4.69) is 0 Å². The van der Waals surface area contributed by atoms with Gasteiger partial charge in [-0.1, -0.05) is 26.0 Å². The first-order valence-electron chi connectivity index (χ1n) is 14.2. The molecule has 4 aliphatic carbocycles. The Morgan fingerprint density at radius 1 is 0.718 bits per heavy atom. The third-order valence-corrected chi connectivity index (χ3v) is 10.6. The van der Waals surface area contributed by atoms with Crippen molar-refractivity contribution in [3.63, 3.8) is 0 Å². The molecule has 0 unspecified atom stereocenters. The monoisotopic (exact) mass is 548 g/mol. The molecular weight excluding hydrogens is 500 g/mol.